The number of ketones is 1. The Hall–Kier alpha value is -2.36. The summed E-state index contributed by atoms with van der Waals surface area (Å²) < 4.78 is 11.4. The average molecular weight is 269 g/mol. The summed E-state index contributed by atoms with van der Waals surface area (Å²) in [6.45, 7) is 2.83. The van der Waals surface area contributed by atoms with Gasteiger partial charge in [0.15, 0.2) is 5.78 Å². The quantitative estimate of drug-likeness (QED) is 0.859. The Morgan fingerprint density at radius 3 is 2.85 bits per heavy atom. The molecule has 0 spiro atoms. The molecule has 0 fully saturated rings. The first-order chi connectivity index (χ1) is 9.75. The van der Waals surface area contributed by atoms with E-state index in [1.807, 2.05) is 25.1 Å². The first kappa shape index (κ1) is 12.7. The molecule has 4 nitrogen and oxygen atoms in total. The van der Waals surface area contributed by atoms with Crippen LogP contribution in [0.2, 0.25) is 0 Å². The van der Waals surface area contributed by atoms with Gasteiger partial charge in [-0.2, -0.15) is 0 Å². The number of benzene rings is 1. The van der Waals surface area contributed by atoms with Crippen LogP contribution >= 0.6 is 0 Å². The summed E-state index contributed by atoms with van der Waals surface area (Å²) in [4.78, 5) is 15.8. The van der Waals surface area contributed by atoms with Gasteiger partial charge in [-0.25, -0.2) is 0 Å². The Kier molecular flexibility index (Phi) is 3.37. The second-order valence-electron chi connectivity index (χ2n) is 4.73. The van der Waals surface area contributed by atoms with Crippen molar-refractivity contribution in [2.24, 2.45) is 0 Å². The Morgan fingerprint density at radius 2 is 2.05 bits per heavy atom. The van der Waals surface area contributed by atoms with Gasteiger partial charge >= 0.3 is 0 Å². The molecular formula is C16H15NO3. The van der Waals surface area contributed by atoms with E-state index in [-0.39, 0.29) is 5.78 Å². The van der Waals surface area contributed by atoms with Gasteiger partial charge in [-0.15, -0.1) is 0 Å². The van der Waals surface area contributed by atoms with Crippen LogP contribution in [-0.4, -0.2) is 17.4 Å². The lowest BCUT2D eigenvalue weighted by Gasteiger charge is -2.20. The number of fused-ring (bicyclic) bond motifs is 1. The van der Waals surface area contributed by atoms with Crippen LogP contribution in [0.3, 0.4) is 0 Å². The predicted octanol–water partition coefficient (Wildman–Crippen LogP) is 2.93. The van der Waals surface area contributed by atoms with Gasteiger partial charge in [0.25, 0.3) is 0 Å². The number of Topliss-reactive ketones (excluding diaryl/α,β-unsaturated/α-hetero) is 1. The van der Waals surface area contributed by atoms with Crippen molar-refractivity contribution < 1.29 is 14.3 Å². The van der Waals surface area contributed by atoms with Crippen molar-refractivity contribution in [3.05, 3.63) is 53.3 Å². The highest BCUT2D eigenvalue weighted by molar-refractivity contribution is 6.00. The van der Waals surface area contributed by atoms with Crippen molar-refractivity contribution in [3.8, 4) is 11.5 Å². The number of pyridine rings is 1. The second kappa shape index (κ2) is 5.33. The molecule has 0 N–H and O–H groups in total. The Bertz CT molecular complexity index is 638. The molecule has 0 radical (unpaired) electrons. The van der Waals surface area contributed by atoms with Gasteiger partial charge in [0.1, 0.15) is 18.1 Å². The van der Waals surface area contributed by atoms with E-state index < -0.39 is 0 Å². The van der Waals surface area contributed by atoms with Crippen molar-refractivity contribution >= 4 is 5.78 Å². The van der Waals surface area contributed by atoms with Gasteiger partial charge in [-0.1, -0.05) is 0 Å². The number of carbonyl (C=O) groups excluding carboxylic acids is 1. The summed E-state index contributed by atoms with van der Waals surface area (Å²) in [5.41, 5.74) is 2.59. The molecule has 0 unspecified atom stereocenters. The number of rotatable bonds is 3. The molecule has 1 aromatic heterocycles. The molecule has 20 heavy (non-hydrogen) atoms. The van der Waals surface area contributed by atoms with Crippen molar-refractivity contribution in [1.29, 1.82) is 0 Å². The zero-order valence-electron chi connectivity index (χ0n) is 11.3. The third-order valence-electron chi connectivity index (χ3n) is 3.38. The van der Waals surface area contributed by atoms with E-state index >= 15 is 0 Å². The van der Waals surface area contributed by atoms with Gasteiger partial charge in [0, 0.05) is 24.4 Å². The lowest BCUT2D eigenvalue weighted by atomic mass is 10.0. The molecule has 1 aliphatic rings. The van der Waals surface area contributed by atoms with Crippen molar-refractivity contribution in [2.75, 3.05) is 6.61 Å². The molecule has 4 heteroatoms. The molecule has 0 atom stereocenters. The number of aromatic nitrogens is 1. The Labute approximate surface area is 117 Å². The molecule has 1 aromatic carbocycles. The summed E-state index contributed by atoms with van der Waals surface area (Å²) in [5, 5.41) is 0. The molecule has 3 rings (SSSR count). The van der Waals surface area contributed by atoms with Crippen LogP contribution in [0.15, 0.2) is 36.7 Å². The Morgan fingerprint density at radius 1 is 1.25 bits per heavy atom. The second-order valence-corrected chi connectivity index (χ2v) is 4.73. The predicted molar refractivity (Wildman–Crippen MR) is 74.2 cm³/mol. The van der Waals surface area contributed by atoms with Crippen LogP contribution in [0.1, 0.15) is 27.9 Å². The molecule has 2 aromatic rings. The first-order valence-electron chi connectivity index (χ1n) is 6.57. The van der Waals surface area contributed by atoms with E-state index in [0.29, 0.717) is 30.9 Å². The zero-order valence-corrected chi connectivity index (χ0v) is 11.3. The molecule has 102 valence electrons. The maximum atomic E-state index is 11.8. The third-order valence-corrected chi connectivity index (χ3v) is 3.38. The molecule has 0 amide bonds. The van der Waals surface area contributed by atoms with E-state index in [1.165, 1.54) is 0 Å². The smallest absolute Gasteiger partial charge is 0.170 e. The summed E-state index contributed by atoms with van der Waals surface area (Å²) in [7, 11) is 0. The molecule has 0 saturated carbocycles. The summed E-state index contributed by atoms with van der Waals surface area (Å²) >= 11 is 0. The largest absolute Gasteiger partial charge is 0.492 e. The number of nitrogens with zero attached hydrogens (tertiary/aromatic N) is 1. The molecule has 0 saturated heterocycles. The van der Waals surface area contributed by atoms with E-state index in [4.69, 9.17) is 9.47 Å². The maximum absolute atomic E-state index is 11.8. The highest BCUT2D eigenvalue weighted by Gasteiger charge is 2.22. The van der Waals surface area contributed by atoms with Gasteiger partial charge in [0.2, 0.25) is 0 Å². The van der Waals surface area contributed by atoms with Crippen LogP contribution in [0, 0.1) is 6.92 Å². The van der Waals surface area contributed by atoms with Gasteiger partial charge < -0.3 is 9.47 Å². The number of hydrogen-bond donors (Lipinski definition) is 0. The fourth-order valence-electron chi connectivity index (χ4n) is 2.26. The minimum Gasteiger partial charge on any atom is -0.492 e. The SMILES string of the molecule is Cc1c(OCc2ccncc2)ccc2c1OCCC2=O. The van der Waals surface area contributed by atoms with Gasteiger partial charge in [-0.3, -0.25) is 9.78 Å². The average Bonchev–Trinajstić information content (AvgIpc) is 2.48. The fraction of sp³-hybridized carbons (Fsp3) is 0.250. The van der Waals surface area contributed by atoms with Crippen LogP contribution in [0.25, 0.3) is 0 Å². The van der Waals surface area contributed by atoms with E-state index in [9.17, 15) is 4.79 Å². The van der Waals surface area contributed by atoms with Crippen molar-refractivity contribution in [3.63, 3.8) is 0 Å². The standard InChI is InChI=1S/C16H15NO3/c1-11-15(20-10-12-4-7-17-8-5-12)3-2-13-14(18)6-9-19-16(11)13/h2-5,7-8H,6,9-10H2,1H3. The lowest BCUT2D eigenvalue weighted by Crippen LogP contribution is -2.16. The van der Waals surface area contributed by atoms with Crippen molar-refractivity contribution in [2.45, 2.75) is 20.0 Å². The van der Waals surface area contributed by atoms with Gasteiger partial charge in [0.05, 0.1) is 12.2 Å². The highest BCUT2D eigenvalue weighted by Crippen LogP contribution is 2.34. The molecule has 2 heterocycles. The summed E-state index contributed by atoms with van der Waals surface area (Å²) in [6.07, 6.45) is 3.92. The zero-order chi connectivity index (χ0) is 13.9. The first-order valence-corrected chi connectivity index (χ1v) is 6.57. The van der Waals surface area contributed by atoms with Crippen LogP contribution in [0.5, 0.6) is 11.5 Å². The van der Waals surface area contributed by atoms with Gasteiger partial charge in [-0.05, 0) is 36.8 Å². The highest BCUT2D eigenvalue weighted by atomic mass is 16.5. The molecular weight excluding hydrogens is 254 g/mol. The summed E-state index contributed by atoms with van der Waals surface area (Å²) in [5.74, 6) is 1.54. The maximum Gasteiger partial charge on any atom is 0.170 e. The fourth-order valence-corrected chi connectivity index (χ4v) is 2.26. The monoisotopic (exact) mass is 269 g/mol. The number of ether oxygens (including phenoxy) is 2. The van der Waals surface area contributed by atoms with E-state index in [0.717, 1.165) is 16.9 Å². The number of hydrogen-bond acceptors (Lipinski definition) is 4. The van der Waals surface area contributed by atoms with Crippen molar-refractivity contribution in [1.82, 2.24) is 4.98 Å². The number of carbonyl (C=O) groups is 1. The molecule has 1 aliphatic heterocycles. The van der Waals surface area contributed by atoms with Crippen LogP contribution in [-0.2, 0) is 6.61 Å². The normalized spacial score (nSPS) is 13.6. The van der Waals surface area contributed by atoms with Crippen LogP contribution in [0.4, 0.5) is 0 Å². The molecule has 0 aliphatic carbocycles. The lowest BCUT2D eigenvalue weighted by molar-refractivity contribution is 0.0932. The minimum absolute atomic E-state index is 0.134. The minimum atomic E-state index is 0.134. The Balaban J connectivity index is 1.83. The summed E-state index contributed by atoms with van der Waals surface area (Å²) in [6, 6.07) is 7.44. The molecule has 0 bridgehead atoms. The topological polar surface area (TPSA) is 48.4 Å². The third kappa shape index (κ3) is 2.37. The van der Waals surface area contributed by atoms with Crippen LogP contribution < -0.4 is 9.47 Å². The van der Waals surface area contributed by atoms with E-state index in [1.54, 1.807) is 18.5 Å². The van der Waals surface area contributed by atoms with E-state index in [2.05, 4.69) is 4.98 Å².